The van der Waals surface area contributed by atoms with Gasteiger partial charge >= 0.3 is 0 Å². The Morgan fingerprint density at radius 1 is 0.810 bits per heavy atom. The van der Waals surface area contributed by atoms with Gasteiger partial charge in [-0.25, -0.2) is 0 Å². The van der Waals surface area contributed by atoms with E-state index >= 15 is 0 Å². The molecular weight excluding hydrogens is 548 g/mol. The first-order chi connectivity index (χ1) is 20.2. The van der Waals surface area contributed by atoms with Crippen LogP contribution in [0.1, 0.15) is 19.4 Å². The quantitative estimate of drug-likeness (QED) is 0.173. The van der Waals surface area contributed by atoms with Gasteiger partial charge in [-0.1, -0.05) is 61.9 Å². The summed E-state index contributed by atoms with van der Waals surface area (Å²) >= 11 is 0. The number of methoxy groups -OCH3 is 1. The maximum absolute atomic E-state index is 10.5. The van der Waals surface area contributed by atoms with E-state index in [0.29, 0.717) is 6.61 Å². The molecule has 5 rings (SSSR count). The number of hydrogen-bond acceptors (Lipinski definition) is 5. The fourth-order valence-electron chi connectivity index (χ4n) is 4.65. The molecule has 0 saturated heterocycles. The minimum Gasteiger partial charge on any atom is -0.497 e. The van der Waals surface area contributed by atoms with Crippen LogP contribution in [-0.2, 0) is 10.1 Å². The summed E-state index contributed by atoms with van der Waals surface area (Å²) in [6, 6.07) is 33.3. The number of rotatable bonds is 10. The number of fused-ring (bicyclic) bond motifs is 1. The zero-order valence-electron chi connectivity index (χ0n) is 24.5. The van der Waals surface area contributed by atoms with Crippen LogP contribution in [0.25, 0.3) is 27.8 Å². The summed E-state index contributed by atoms with van der Waals surface area (Å²) in [6.07, 6.45) is 0. The molecule has 1 N–H and O–H groups in total. The first-order valence-corrected chi connectivity index (χ1v) is 15.4. The molecule has 7 nitrogen and oxygen atoms in total. The Bertz CT molecular complexity index is 1680. The highest BCUT2D eigenvalue weighted by atomic mass is 32.2. The highest BCUT2D eigenvalue weighted by molar-refractivity contribution is 7.85. The van der Waals surface area contributed by atoms with E-state index in [2.05, 4.69) is 90.0 Å². The molecule has 1 aromatic heterocycles. The van der Waals surface area contributed by atoms with Crippen molar-refractivity contribution in [1.29, 1.82) is 0 Å². The predicted molar refractivity (Wildman–Crippen MR) is 170 cm³/mol. The van der Waals surface area contributed by atoms with Crippen molar-refractivity contribution in [2.75, 3.05) is 33.4 Å². The Labute approximate surface area is 248 Å². The topological polar surface area (TPSA) is 81.0 Å². The zero-order chi connectivity index (χ0) is 30.1. The molecule has 4 aromatic carbocycles. The number of ether oxygens (including phenoxy) is 2. The Hall–Kier alpha value is -4.11. The van der Waals surface area contributed by atoms with E-state index in [1.165, 1.54) is 17.7 Å². The molecule has 1 heterocycles. The third-order valence-corrected chi connectivity index (χ3v) is 7.93. The van der Waals surface area contributed by atoms with E-state index in [0.717, 1.165) is 59.0 Å². The summed E-state index contributed by atoms with van der Waals surface area (Å²) in [5.74, 6) is 1.76. The van der Waals surface area contributed by atoms with E-state index in [-0.39, 0.29) is 4.90 Å². The van der Waals surface area contributed by atoms with Crippen LogP contribution in [0.5, 0.6) is 11.5 Å². The van der Waals surface area contributed by atoms with Gasteiger partial charge in [0.05, 0.1) is 23.2 Å². The third kappa shape index (κ3) is 7.79. The molecule has 0 aliphatic carbocycles. The van der Waals surface area contributed by atoms with Crippen molar-refractivity contribution in [3.63, 3.8) is 0 Å². The van der Waals surface area contributed by atoms with Crippen LogP contribution in [0.15, 0.2) is 108 Å². The molecule has 5 aromatic rings. The molecule has 0 radical (unpaired) electrons. The number of aromatic nitrogens is 1. The van der Waals surface area contributed by atoms with Crippen LogP contribution in [0.3, 0.4) is 0 Å². The van der Waals surface area contributed by atoms with E-state index in [1.54, 1.807) is 19.2 Å². The smallest absolute Gasteiger partial charge is 0.294 e. The number of benzene rings is 4. The Morgan fingerprint density at radius 2 is 1.45 bits per heavy atom. The largest absolute Gasteiger partial charge is 0.497 e. The van der Waals surface area contributed by atoms with E-state index < -0.39 is 10.1 Å². The minimum absolute atomic E-state index is 0.0666. The SMILES string of the molecule is CCN(CC)CCOc1ccc(-n2c(-c3ccccc3)cc3cc(OC)ccc32)cc1.Cc1ccc(S(=O)(=O)O)cc1. The van der Waals surface area contributed by atoms with Gasteiger partial charge in [-0.3, -0.25) is 4.55 Å². The molecule has 0 spiro atoms. The molecule has 42 heavy (non-hydrogen) atoms. The van der Waals surface area contributed by atoms with Crippen molar-refractivity contribution >= 4 is 21.0 Å². The van der Waals surface area contributed by atoms with Gasteiger partial charge in [-0.15, -0.1) is 0 Å². The van der Waals surface area contributed by atoms with Gasteiger partial charge in [0.1, 0.15) is 18.1 Å². The lowest BCUT2D eigenvalue weighted by Gasteiger charge is -2.18. The molecule has 0 atom stereocenters. The first kappa shape index (κ1) is 30.8. The van der Waals surface area contributed by atoms with Crippen LogP contribution >= 0.6 is 0 Å². The Balaban J connectivity index is 0.000000310. The molecular formula is C34H38N2O5S. The van der Waals surface area contributed by atoms with Gasteiger partial charge in [-0.2, -0.15) is 8.42 Å². The molecule has 0 aliphatic rings. The van der Waals surface area contributed by atoms with E-state index in [4.69, 9.17) is 14.0 Å². The highest BCUT2D eigenvalue weighted by Crippen LogP contribution is 2.34. The van der Waals surface area contributed by atoms with Crippen molar-refractivity contribution in [2.24, 2.45) is 0 Å². The Morgan fingerprint density at radius 3 is 2.05 bits per heavy atom. The first-order valence-electron chi connectivity index (χ1n) is 14.0. The van der Waals surface area contributed by atoms with Crippen LogP contribution in [-0.4, -0.2) is 55.8 Å². The standard InChI is InChI=1S/C27H30N2O2.C7H8O3S/c1-4-28(5-2)17-18-31-24-13-11-23(12-14-24)29-26-16-15-25(30-3)19-22(26)20-27(29)21-9-7-6-8-10-21;1-6-2-4-7(5-3-6)11(8,9)10/h6-16,19-20H,4-5,17-18H2,1-3H3;2-5H,1H3,(H,8,9,10). The van der Waals surface area contributed by atoms with Crippen molar-refractivity contribution in [1.82, 2.24) is 9.47 Å². The maximum Gasteiger partial charge on any atom is 0.294 e. The summed E-state index contributed by atoms with van der Waals surface area (Å²) in [6.45, 7) is 9.94. The molecule has 0 amide bonds. The Kier molecular flexibility index (Phi) is 10.4. The zero-order valence-corrected chi connectivity index (χ0v) is 25.3. The summed E-state index contributed by atoms with van der Waals surface area (Å²) in [4.78, 5) is 2.30. The van der Waals surface area contributed by atoms with Crippen molar-refractivity contribution in [3.8, 4) is 28.4 Å². The van der Waals surface area contributed by atoms with Crippen LogP contribution in [0.4, 0.5) is 0 Å². The second-order valence-electron chi connectivity index (χ2n) is 9.81. The molecule has 0 saturated carbocycles. The number of likely N-dealkylation sites (N-methyl/N-ethyl adjacent to an activating group) is 1. The summed E-state index contributed by atoms with van der Waals surface area (Å²) in [5.41, 5.74) is 5.54. The monoisotopic (exact) mass is 586 g/mol. The van der Waals surface area contributed by atoms with Gasteiger partial charge in [0.15, 0.2) is 0 Å². The normalized spacial score (nSPS) is 11.3. The third-order valence-electron chi connectivity index (χ3n) is 7.06. The predicted octanol–water partition coefficient (Wildman–Crippen LogP) is 7.27. The summed E-state index contributed by atoms with van der Waals surface area (Å²) < 4.78 is 43.3. The van der Waals surface area contributed by atoms with Crippen LogP contribution in [0, 0.1) is 6.92 Å². The molecule has 0 fully saturated rings. The molecule has 0 bridgehead atoms. The lowest BCUT2D eigenvalue weighted by Crippen LogP contribution is -2.27. The van der Waals surface area contributed by atoms with Gasteiger partial charge < -0.3 is 18.9 Å². The van der Waals surface area contributed by atoms with Crippen molar-refractivity contribution in [2.45, 2.75) is 25.7 Å². The van der Waals surface area contributed by atoms with Gasteiger partial charge in [0.25, 0.3) is 10.1 Å². The fourth-order valence-corrected chi connectivity index (χ4v) is 5.13. The average Bonchev–Trinajstić information content (AvgIpc) is 3.39. The molecule has 0 unspecified atom stereocenters. The molecule has 8 heteroatoms. The fraction of sp³-hybridized carbons (Fsp3) is 0.235. The number of hydrogen-bond donors (Lipinski definition) is 1. The van der Waals surface area contributed by atoms with Crippen molar-refractivity contribution in [3.05, 3.63) is 109 Å². The van der Waals surface area contributed by atoms with Gasteiger partial charge in [-0.05, 0) is 86.2 Å². The lowest BCUT2D eigenvalue weighted by atomic mass is 10.1. The van der Waals surface area contributed by atoms with E-state index in [1.807, 2.05) is 19.1 Å². The van der Waals surface area contributed by atoms with Crippen molar-refractivity contribution < 1.29 is 22.4 Å². The molecule has 220 valence electrons. The summed E-state index contributed by atoms with van der Waals surface area (Å²) in [5, 5.41) is 1.15. The van der Waals surface area contributed by atoms with Gasteiger partial charge in [0.2, 0.25) is 0 Å². The summed E-state index contributed by atoms with van der Waals surface area (Å²) in [7, 11) is -2.32. The van der Waals surface area contributed by atoms with Crippen LogP contribution in [0.2, 0.25) is 0 Å². The lowest BCUT2D eigenvalue weighted by molar-refractivity contribution is 0.223. The second-order valence-corrected chi connectivity index (χ2v) is 11.2. The van der Waals surface area contributed by atoms with Gasteiger partial charge in [0, 0.05) is 17.6 Å². The second kappa shape index (κ2) is 14.2. The minimum atomic E-state index is -4.02. The molecule has 0 aliphatic heterocycles. The van der Waals surface area contributed by atoms with Crippen LogP contribution < -0.4 is 9.47 Å². The highest BCUT2D eigenvalue weighted by Gasteiger charge is 2.13. The van der Waals surface area contributed by atoms with E-state index in [9.17, 15) is 8.42 Å². The maximum atomic E-state index is 10.5. The average molecular weight is 587 g/mol. The number of nitrogens with zero attached hydrogens (tertiary/aromatic N) is 2. The number of aryl methyl sites for hydroxylation is 1.